The predicted octanol–water partition coefficient (Wildman–Crippen LogP) is 4.42. The van der Waals surface area contributed by atoms with Gasteiger partial charge < -0.3 is 0 Å². The third kappa shape index (κ3) is 1.98. The first-order chi connectivity index (χ1) is 7.36. The molecule has 0 atom stereocenters. The summed E-state index contributed by atoms with van der Waals surface area (Å²) in [5, 5.41) is 3.64. The summed E-state index contributed by atoms with van der Waals surface area (Å²) in [7, 11) is 0. The minimum absolute atomic E-state index is 1.00. The van der Waals surface area contributed by atoms with Crippen molar-refractivity contribution in [3.8, 4) is 0 Å². The molecule has 0 radical (unpaired) electrons. The minimum Gasteiger partial charge on any atom is -0.0984 e. The first kappa shape index (κ1) is 10.4. The Bertz CT molecular complexity index is 486. The van der Waals surface area contributed by atoms with Gasteiger partial charge in [-0.1, -0.05) is 65.0 Å². The van der Waals surface area contributed by atoms with E-state index in [4.69, 9.17) is 0 Å². The van der Waals surface area contributed by atoms with E-state index in [2.05, 4.69) is 58.9 Å². The number of rotatable bonds is 3. The molecule has 0 heterocycles. The van der Waals surface area contributed by atoms with Gasteiger partial charge in [0.15, 0.2) is 0 Å². The quantitative estimate of drug-likeness (QED) is 0.717. The lowest BCUT2D eigenvalue weighted by Gasteiger charge is -2.07. The Hall–Kier alpha value is -1.08. The maximum absolute atomic E-state index is 3.85. The fourth-order valence-corrected chi connectivity index (χ4v) is 2.31. The van der Waals surface area contributed by atoms with E-state index in [1.165, 1.54) is 21.9 Å². The van der Waals surface area contributed by atoms with Crippen molar-refractivity contribution >= 4 is 32.8 Å². The fraction of sp³-hybridized carbons (Fsp3) is 0.143. The molecule has 0 unspecified atom stereocenters. The number of benzene rings is 2. The zero-order valence-corrected chi connectivity index (χ0v) is 10.1. The number of alkyl halides is 1. The van der Waals surface area contributed by atoms with Crippen molar-refractivity contribution in [2.45, 2.75) is 6.42 Å². The van der Waals surface area contributed by atoms with Crippen LogP contribution in [0.1, 0.15) is 11.1 Å². The van der Waals surface area contributed by atoms with Crippen LogP contribution >= 0.6 is 15.9 Å². The van der Waals surface area contributed by atoms with Crippen LogP contribution < -0.4 is 0 Å². The SMILES string of the molecule is C=Cc1ccc(CCBr)c2ccccc12. The molecular weight excluding hydrogens is 248 g/mol. The smallest absolute Gasteiger partial charge is 0.00720 e. The first-order valence-corrected chi connectivity index (χ1v) is 6.18. The summed E-state index contributed by atoms with van der Waals surface area (Å²) in [6.07, 6.45) is 2.98. The van der Waals surface area contributed by atoms with Gasteiger partial charge in [0.1, 0.15) is 0 Å². The molecule has 2 aromatic carbocycles. The van der Waals surface area contributed by atoms with Crippen molar-refractivity contribution in [3.05, 3.63) is 54.1 Å². The lowest BCUT2D eigenvalue weighted by Crippen LogP contribution is -1.89. The van der Waals surface area contributed by atoms with Crippen molar-refractivity contribution in [1.82, 2.24) is 0 Å². The van der Waals surface area contributed by atoms with Crippen LogP contribution in [0.2, 0.25) is 0 Å². The van der Waals surface area contributed by atoms with Gasteiger partial charge in [0, 0.05) is 5.33 Å². The van der Waals surface area contributed by atoms with Crippen molar-refractivity contribution in [2.75, 3.05) is 5.33 Å². The van der Waals surface area contributed by atoms with Crippen molar-refractivity contribution in [1.29, 1.82) is 0 Å². The second-order valence-corrected chi connectivity index (χ2v) is 4.30. The Morgan fingerprint density at radius 2 is 1.80 bits per heavy atom. The molecule has 76 valence electrons. The molecule has 0 aliphatic heterocycles. The van der Waals surface area contributed by atoms with E-state index >= 15 is 0 Å². The predicted molar refractivity (Wildman–Crippen MR) is 71.5 cm³/mol. The molecule has 0 nitrogen and oxygen atoms in total. The Kier molecular flexibility index (Phi) is 3.22. The summed E-state index contributed by atoms with van der Waals surface area (Å²) in [6.45, 7) is 3.85. The normalized spacial score (nSPS) is 10.5. The maximum Gasteiger partial charge on any atom is 0.00720 e. The largest absolute Gasteiger partial charge is 0.0984 e. The third-order valence-corrected chi connectivity index (χ3v) is 3.03. The van der Waals surface area contributed by atoms with Gasteiger partial charge in [-0.25, -0.2) is 0 Å². The molecular formula is C14H13Br. The molecule has 0 amide bonds. The van der Waals surface area contributed by atoms with Crippen LogP contribution in [-0.4, -0.2) is 5.33 Å². The van der Waals surface area contributed by atoms with Gasteiger partial charge in [-0.05, 0) is 28.3 Å². The molecule has 0 saturated heterocycles. The molecule has 1 heteroatoms. The fourth-order valence-electron chi connectivity index (χ4n) is 1.88. The van der Waals surface area contributed by atoms with E-state index in [0.717, 1.165) is 11.8 Å². The van der Waals surface area contributed by atoms with E-state index < -0.39 is 0 Å². The van der Waals surface area contributed by atoms with Crippen molar-refractivity contribution in [2.24, 2.45) is 0 Å². The second kappa shape index (κ2) is 4.63. The molecule has 2 rings (SSSR count). The highest BCUT2D eigenvalue weighted by atomic mass is 79.9. The molecule has 2 aromatic rings. The highest BCUT2D eigenvalue weighted by Crippen LogP contribution is 2.24. The average Bonchev–Trinajstić information content (AvgIpc) is 2.30. The van der Waals surface area contributed by atoms with Crippen molar-refractivity contribution < 1.29 is 0 Å². The number of hydrogen-bond acceptors (Lipinski definition) is 0. The van der Waals surface area contributed by atoms with Crippen LogP contribution in [0, 0.1) is 0 Å². The highest BCUT2D eigenvalue weighted by molar-refractivity contribution is 9.09. The number of aryl methyl sites for hydroxylation is 1. The lowest BCUT2D eigenvalue weighted by atomic mass is 9.98. The highest BCUT2D eigenvalue weighted by Gasteiger charge is 2.02. The average molecular weight is 261 g/mol. The Labute approximate surface area is 98.8 Å². The monoisotopic (exact) mass is 260 g/mol. The molecule has 0 saturated carbocycles. The van der Waals surface area contributed by atoms with Crippen LogP contribution in [0.3, 0.4) is 0 Å². The Balaban J connectivity index is 2.71. The van der Waals surface area contributed by atoms with Gasteiger partial charge in [0.25, 0.3) is 0 Å². The molecule has 0 N–H and O–H groups in total. The number of hydrogen-bond donors (Lipinski definition) is 0. The summed E-state index contributed by atoms with van der Waals surface area (Å²) in [4.78, 5) is 0. The molecule has 0 fully saturated rings. The van der Waals surface area contributed by atoms with Gasteiger partial charge in [0.05, 0.1) is 0 Å². The molecule has 15 heavy (non-hydrogen) atoms. The lowest BCUT2D eigenvalue weighted by molar-refractivity contribution is 1.19. The molecule has 0 bridgehead atoms. The Morgan fingerprint density at radius 3 is 2.47 bits per heavy atom. The van der Waals surface area contributed by atoms with Gasteiger partial charge in [-0.15, -0.1) is 0 Å². The van der Waals surface area contributed by atoms with Crippen LogP contribution in [0.5, 0.6) is 0 Å². The molecule has 0 aliphatic rings. The molecule has 0 aliphatic carbocycles. The zero-order chi connectivity index (χ0) is 10.7. The summed E-state index contributed by atoms with van der Waals surface area (Å²) in [6, 6.07) is 12.8. The van der Waals surface area contributed by atoms with E-state index in [-0.39, 0.29) is 0 Å². The van der Waals surface area contributed by atoms with E-state index in [0.29, 0.717) is 0 Å². The zero-order valence-electron chi connectivity index (χ0n) is 8.54. The maximum atomic E-state index is 3.85. The van der Waals surface area contributed by atoms with E-state index in [1.807, 2.05) is 6.08 Å². The summed E-state index contributed by atoms with van der Waals surface area (Å²) in [5.74, 6) is 0. The summed E-state index contributed by atoms with van der Waals surface area (Å²) in [5.41, 5.74) is 2.61. The van der Waals surface area contributed by atoms with Gasteiger partial charge >= 0.3 is 0 Å². The Morgan fingerprint density at radius 1 is 1.07 bits per heavy atom. The minimum atomic E-state index is 1.00. The van der Waals surface area contributed by atoms with Gasteiger partial charge in [-0.2, -0.15) is 0 Å². The molecule has 0 spiro atoms. The molecule has 0 aromatic heterocycles. The summed E-state index contributed by atoms with van der Waals surface area (Å²) >= 11 is 3.49. The standard InChI is InChI=1S/C14H13Br/c1-2-11-7-8-12(9-10-15)14-6-4-3-5-13(11)14/h2-8H,1,9-10H2. The van der Waals surface area contributed by atoms with Crippen LogP contribution in [0.25, 0.3) is 16.8 Å². The topological polar surface area (TPSA) is 0 Å². The summed E-state index contributed by atoms with van der Waals surface area (Å²) < 4.78 is 0. The van der Waals surface area contributed by atoms with Crippen molar-refractivity contribution in [3.63, 3.8) is 0 Å². The van der Waals surface area contributed by atoms with Crippen LogP contribution in [0.15, 0.2) is 43.0 Å². The van der Waals surface area contributed by atoms with Crippen LogP contribution in [-0.2, 0) is 6.42 Å². The first-order valence-electron chi connectivity index (χ1n) is 5.06. The number of fused-ring (bicyclic) bond motifs is 1. The number of halogens is 1. The van der Waals surface area contributed by atoms with Gasteiger partial charge in [-0.3, -0.25) is 0 Å². The van der Waals surface area contributed by atoms with Crippen LogP contribution in [0.4, 0.5) is 0 Å². The third-order valence-electron chi connectivity index (χ3n) is 2.63. The van der Waals surface area contributed by atoms with Gasteiger partial charge in [0.2, 0.25) is 0 Å². The van der Waals surface area contributed by atoms with E-state index in [1.54, 1.807) is 0 Å². The van der Waals surface area contributed by atoms with E-state index in [9.17, 15) is 0 Å². The second-order valence-electron chi connectivity index (χ2n) is 3.50.